The predicted molar refractivity (Wildman–Crippen MR) is 276 cm³/mol. The van der Waals surface area contributed by atoms with Crippen LogP contribution in [0, 0.1) is 20.2 Å². The third-order valence-electron chi connectivity index (χ3n) is 12.1. The standard InChI is InChI=1S/C53H39N7O9S2/c61-59(62)39-21-30-49(48(33-39)60(63)64)71(68,69)58(31-10-32-70(65,66)67)38-19-17-37(18-20-38)53-46-28-26-44(56-46)51(35-13-6-2-7-14-35)42-24-22-40(54-42)50(34-11-4-1-5-12-34)41-23-25-43(55-41)52(36-15-8-3-9-16-36)45-27-29-47(53)57-45/h1-9,11-30,33,54,57H,10,31-32H2,(H,65,66,67). The van der Waals surface area contributed by atoms with Gasteiger partial charge in [0.1, 0.15) is 0 Å². The fraction of sp³-hybridized carbons (Fsp3) is 0.0566. The minimum atomic E-state index is -4.90. The van der Waals surface area contributed by atoms with E-state index in [2.05, 4.69) is 22.1 Å². The Kier molecular flexibility index (Phi) is 12.0. The van der Waals surface area contributed by atoms with Gasteiger partial charge in [-0.3, -0.25) is 29.1 Å². The van der Waals surface area contributed by atoms with Gasteiger partial charge in [0.25, 0.3) is 31.5 Å². The number of nitro groups is 2. The number of nitrogens with zero attached hydrogens (tertiary/aromatic N) is 5. The second-order valence-electron chi connectivity index (χ2n) is 16.5. The van der Waals surface area contributed by atoms with Crippen molar-refractivity contribution in [2.75, 3.05) is 16.6 Å². The highest BCUT2D eigenvalue weighted by Gasteiger charge is 2.34. The quantitative estimate of drug-likeness (QED) is 0.0558. The molecule has 0 fully saturated rings. The Morgan fingerprint density at radius 2 is 0.901 bits per heavy atom. The lowest BCUT2D eigenvalue weighted by Gasteiger charge is -2.24. The van der Waals surface area contributed by atoms with Crippen LogP contribution in [-0.2, 0) is 20.1 Å². The van der Waals surface area contributed by atoms with Crippen molar-refractivity contribution in [3.63, 3.8) is 0 Å². The van der Waals surface area contributed by atoms with E-state index in [4.69, 9.17) is 9.97 Å². The minimum Gasteiger partial charge on any atom is -0.354 e. The third kappa shape index (κ3) is 9.13. The van der Waals surface area contributed by atoms with Gasteiger partial charge in [-0.25, -0.2) is 18.4 Å². The summed E-state index contributed by atoms with van der Waals surface area (Å²) in [7, 11) is -9.45. The van der Waals surface area contributed by atoms with Gasteiger partial charge in [0.05, 0.1) is 50.1 Å². The maximum Gasteiger partial charge on any atom is 0.296 e. The second-order valence-corrected chi connectivity index (χ2v) is 19.9. The molecule has 8 bridgehead atoms. The van der Waals surface area contributed by atoms with E-state index < -0.39 is 65.0 Å². The van der Waals surface area contributed by atoms with Crippen LogP contribution in [0.5, 0.6) is 0 Å². The van der Waals surface area contributed by atoms with Crippen molar-refractivity contribution in [3.05, 3.63) is 201 Å². The number of aromatic amines is 2. The highest BCUT2D eigenvalue weighted by atomic mass is 32.2. The molecule has 0 spiro atoms. The summed E-state index contributed by atoms with van der Waals surface area (Å²) in [6.45, 7) is -0.543. The van der Waals surface area contributed by atoms with Crippen molar-refractivity contribution in [1.82, 2.24) is 19.9 Å². The normalized spacial score (nSPS) is 12.2. The van der Waals surface area contributed by atoms with Gasteiger partial charge < -0.3 is 9.97 Å². The van der Waals surface area contributed by atoms with Crippen molar-refractivity contribution < 1.29 is 31.2 Å². The van der Waals surface area contributed by atoms with Crippen molar-refractivity contribution >= 4 is 83.6 Å². The molecule has 16 nitrogen and oxygen atoms in total. The number of sulfonamides is 1. The Morgan fingerprint density at radius 3 is 1.27 bits per heavy atom. The number of aromatic nitrogens is 4. The SMILES string of the molecule is O=[N+]([O-])c1ccc(S(=O)(=O)N(CCCS(=O)(=O)O)c2ccc(-c3c4nc(c(-c5ccccc5)c5ccc([nH]5)c(-c5ccccc5)c5nc(c(-c6ccccc6)c6ccc3[nH]6)C=C5)C=C4)cc2)c([N+](=O)[O-])c1. The van der Waals surface area contributed by atoms with Crippen molar-refractivity contribution in [3.8, 4) is 44.5 Å². The van der Waals surface area contributed by atoms with Crippen LogP contribution in [0.3, 0.4) is 0 Å². The molecule has 0 radical (unpaired) electrons. The summed E-state index contributed by atoms with van der Waals surface area (Å²) >= 11 is 0. The van der Waals surface area contributed by atoms with E-state index in [0.717, 1.165) is 72.1 Å². The van der Waals surface area contributed by atoms with E-state index in [1.165, 1.54) is 12.1 Å². The molecule has 2 aliphatic rings. The van der Waals surface area contributed by atoms with Gasteiger partial charge >= 0.3 is 0 Å². The molecule has 8 aromatic rings. The Hall–Kier alpha value is -8.84. The van der Waals surface area contributed by atoms with E-state index in [0.29, 0.717) is 39.8 Å². The van der Waals surface area contributed by atoms with Crippen molar-refractivity contribution in [2.45, 2.75) is 11.3 Å². The summed E-state index contributed by atoms with van der Waals surface area (Å²) in [4.78, 5) is 38.9. The number of nitrogens with one attached hydrogen (secondary N) is 2. The Bertz CT molecular complexity index is 3860. The minimum absolute atomic E-state index is 0.0134. The number of benzene rings is 5. The van der Waals surface area contributed by atoms with E-state index in [9.17, 15) is 41.6 Å². The zero-order valence-corrected chi connectivity index (χ0v) is 38.8. The number of H-pyrrole nitrogens is 2. The number of hydrogen-bond acceptors (Lipinski definition) is 10. The fourth-order valence-corrected chi connectivity index (χ4v) is 11.0. The average Bonchev–Trinajstić information content (AvgIpc) is 4.22. The van der Waals surface area contributed by atoms with E-state index >= 15 is 0 Å². The third-order valence-corrected chi connectivity index (χ3v) is 14.7. The zero-order chi connectivity index (χ0) is 49.4. The van der Waals surface area contributed by atoms with Gasteiger partial charge in [-0.15, -0.1) is 0 Å². The first-order chi connectivity index (χ1) is 34.2. The first-order valence-electron chi connectivity index (χ1n) is 22.1. The van der Waals surface area contributed by atoms with Crippen LogP contribution in [-0.4, -0.2) is 63.5 Å². The van der Waals surface area contributed by atoms with E-state index in [1.54, 1.807) is 12.1 Å². The van der Waals surface area contributed by atoms with Gasteiger partial charge in [0.15, 0.2) is 4.90 Å². The van der Waals surface area contributed by atoms with Gasteiger partial charge in [0, 0.05) is 56.9 Å². The molecule has 3 aromatic heterocycles. The number of hydrogen-bond donors (Lipinski definition) is 3. The highest BCUT2D eigenvalue weighted by molar-refractivity contribution is 7.93. The molecule has 5 aromatic carbocycles. The summed E-state index contributed by atoms with van der Waals surface area (Å²) in [6, 6.07) is 46.2. The number of anilines is 1. The molecule has 18 heteroatoms. The lowest BCUT2D eigenvalue weighted by atomic mass is 10.0. The summed E-state index contributed by atoms with van der Waals surface area (Å²) in [5.41, 5.74) is 10.5. The van der Waals surface area contributed by atoms with Crippen LogP contribution in [0.2, 0.25) is 0 Å². The maximum absolute atomic E-state index is 14.4. The summed E-state index contributed by atoms with van der Waals surface area (Å²) in [6.07, 6.45) is 7.44. The first-order valence-corrected chi connectivity index (χ1v) is 25.1. The highest BCUT2D eigenvalue weighted by Crippen LogP contribution is 2.40. The smallest absolute Gasteiger partial charge is 0.296 e. The predicted octanol–water partition coefficient (Wildman–Crippen LogP) is 11.6. The maximum atomic E-state index is 14.4. The Morgan fingerprint density at radius 1 is 0.507 bits per heavy atom. The molecule has 0 amide bonds. The molecule has 0 aliphatic carbocycles. The molecular formula is C53H39N7O9S2. The van der Waals surface area contributed by atoms with Crippen LogP contribution in [0.4, 0.5) is 17.1 Å². The van der Waals surface area contributed by atoms with Crippen LogP contribution in [0.15, 0.2) is 163 Å². The summed E-state index contributed by atoms with van der Waals surface area (Å²) in [5.74, 6) is -0.820. The summed E-state index contributed by atoms with van der Waals surface area (Å²) < 4.78 is 62.8. The molecule has 352 valence electrons. The molecular weight excluding hydrogens is 943 g/mol. The van der Waals surface area contributed by atoms with Crippen LogP contribution < -0.4 is 4.31 Å². The van der Waals surface area contributed by atoms with Crippen LogP contribution in [0.1, 0.15) is 29.2 Å². The van der Waals surface area contributed by atoms with Crippen molar-refractivity contribution in [2.24, 2.45) is 0 Å². The lowest BCUT2D eigenvalue weighted by Crippen LogP contribution is -2.33. The number of non-ortho nitro benzene ring substituents is 1. The Labute approximate surface area is 406 Å². The topological polar surface area (TPSA) is 235 Å². The molecule has 10 rings (SSSR count). The van der Waals surface area contributed by atoms with Crippen LogP contribution in [0.25, 0.3) is 90.9 Å². The van der Waals surface area contributed by atoms with Gasteiger partial charge in [0.2, 0.25) is 0 Å². The second kappa shape index (κ2) is 18.6. The monoisotopic (exact) mass is 981 g/mol. The molecule has 2 aliphatic heterocycles. The molecule has 5 heterocycles. The molecule has 0 saturated carbocycles. The first kappa shape index (κ1) is 45.9. The molecule has 71 heavy (non-hydrogen) atoms. The van der Waals surface area contributed by atoms with Crippen molar-refractivity contribution in [1.29, 1.82) is 0 Å². The lowest BCUT2D eigenvalue weighted by molar-refractivity contribution is -0.396. The van der Waals surface area contributed by atoms with Gasteiger partial charge in [-0.1, -0.05) is 103 Å². The number of fused-ring (bicyclic) bond motifs is 8. The van der Waals surface area contributed by atoms with Gasteiger partial charge in [-0.2, -0.15) is 8.42 Å². The number of rotatable bonds is 13. The zero-order valence-electron chi connectivity index (χ0n) is 37.2. The molecule has 3 N–H and O–H groups in total. The molecule has 0 atom stereocenters. The average molecular weight is 982 g/mol. The van der Waals surface area contributed by atoms with E-state index in [-0.39, 0.29) is 5.69 Å². The van der Waals surface area contributed by atoms with Crippen LogP contribution >= 0.6 is 0 Å². The van der Waals surface area contributed by atoms with Gasteiger partial charge in [-0.05, 0) is 95.4 Å². The summed E-state index contributed by atoms with van der Waals surface area (Å²) in [5, 5.41) is 23.7. The Balaban J connectivity index is 1.22. The van der Waals surface area contributed by atoms with E-state index in [1.807, 2.05) is 127 Å². The number of nitro benzene ring substituents is 2. The fourth-order valence-electron chi connectivity index (χ4n) is 8.91. The largest absolute Gasteiger partial charge is 0.354 e. The molecule has 0 unspecified atom stereocenters. The molecule has 0 saturated heterocycles.